The zero-order chi connectivity index (χ0) is 22.1. The van der Waals surface area contributed by atoms with Crippen LogP contribution in [0.25, 0.3) is 0 Å². The molecular formula is C12H11F11O4. The third-order valence-corrected chi connectivity index (χ3v) is 2.97. The van der Waals surface area contributed by atoms with Crippen LogP contribution in [0.3, 0.4) is 0 Å². The minimum absolute atomic E-state index is 0.834. The van der Waals surface area contributed by atoms with Crippen LogP contribution in [-0.4, -0.2) is 65.4 Å². The Morgan fingerprint density at radius 3 is 1.70 bits per heavy atom. The van der Waals surface area contributed by atoms with Gasteiger partial charge in [0.05, 0.1) is 12.7 Å². The van der Waals surface area contributed by atoms with Gasteiger partial charge in [-0.05, 0) is 0 Å². The van der Waals surface area contributed by atoms with E-state index < -0.39 is 67.1 Å². The largest absolute Gasteiger partial charge is 0.460 e. The van der Waals surface area contributed by atoms with Gasteiger partial charge in [-0.1, -0.05) is 6.58 Å². The van der Waals surface area contributed by atoms with Crippen molar-refractivity contribution in [1.29, 1.82) is 0 Å². The third kappa shape index (κ3) is 4.80. The Bertz CT molecular complexity index is 556. The highest BCUT2D eigenvalue weighted by molar-refractivity contribution is 5.87. The van der Waals surface area contributed by atoms with Crippen molar-refractivity contribution >= 4 is 5.97 Å². The highest BCUT2D eigenvalue weighted by Crippen LogP contribution is 2.57. The summed E-state index contributed by atoms with van der Waals surface area (Å²) in [5, 5.41) is 17.4. The van der Waals surface area contributed by atoms with Gasteiger partial charge < -0.3 is 14.9 Å². The van der Waals surface area contributed by atoms with Gasteiger partial charge in [0.25, 0.3) is 0 Å². The van der Waals surface area contributed by atoms with Crippen molar-refractivity contribution in [3.63, 3.8) is 0 Å². The highest BCUT2D eigenvalue weighted by Gasteiger charge is 2.87. The van der Waals surface area contributed by atoms with Crippen molar-refractivity contribution in [1.82, 2.24) is 0 Å². The molecule has 160 valence electrons. The minimum Gasteiger partial charge on any atom is -0.456 e. The lowest BCUT2D eigenvalue weighted by Gasteiger charge is -2.36. The molecule has 0 aliphatic heterocycles. The van der Waals surface area contributed by atoms with Gasteiger partial charge in [-0.3, -0.25) is 0 Å². The number of hydrogen-bond donors (Lipinski definition) is 2. The van der Waals surface area contributed by atoms with Crippen molar-refractivity contribution < 1.29 is 68.0 Å². The van der Waals surface area contributed by atoms with Gasteiger partial charge in [-0.2, -0.15) is 48.3 Å². The van der Waals surface area contributed by atoms with Crippen LogP contribution < -0.4 is 0 Å². The third-order valence-electron chi connectivity index (χ3n) is 2.97. The van der Waals surface area contributed by atoms with E-state index in [0.717, 1.165) is 0 Å². The minimum atomic E-state index is -7.60. The number of ether oxygens (including phenoxy) is 1. The van der Waals surface area contributed by atoms with Gasteiger partial charge in [0.2, 0.25) is 0 Å². The molecule has 0 saturated carbocycles. The molecule has 0 aromatic rings. The molecule has 0 aliphatic carbocycles. The lowest BCUT2D eigenvalue weighted by Crippen LogP contribution is -2.67. The molecule has 0 rings (SSSR count). The zero-order valence-corrected chi connectivity index (χ0v) is 12.8. The van der Waals surface area contributed by atoms with Crippen LogP contribution in [-0.2, 0) is 9.53 Å². The Balaban J connectivity index is 5.44. The van der Waals surface area contributed by atoms with Gasteiger partial charge in [0, 0.05) is 12.0 Å². The van der Waals surface area contributed by atoms with Crippen molar-refractivity contribution in [2.24, 2.45) is 0 Å². The Labute approximate surface area is 143 Å². The fraction of sp³-hybridized carbons (Fsp3) is 0.750. The van der Waals surface area contributed by atoms with Crippen molar-refractivity contribution in [2.45, 2.75) is 42.4 Å². The van der Waals surface area contributed by atoms with E-state index in [1.54, 1.807) is 0 Å². The number of aliphatic hydroxyl groups excluding tert-OH is 2. The molecule has 0 amide bonds. The SMILES string of the molecule is C=C(CC(O)CO)C(=O)OCC(F)(F)C(F)(F)C(F)(F)C(F)(F)C(F)(F)F. The molecule has 0 radical (unpaired) electrons. The molecule has 0 aromatic carbocycles. The smallest absolute Gasteiger partial charge is 0.456 e. The fourth-order valence-electron chi connectivity index (χ4n) is 1.39. The summed E-state index contributed by atoms with van der Waals surface area (Å²) >= 11 is 0. The van der Waals surface area contributed by atoms with Crippen LogP contribution in [0, 0.1) is 0 Å². The van der Waals surface area contributed by atoms with Crippen molar-refractivity contribution in [2.75, 3.05) is 13.2 Å². The monoisotopic (exact) mass is 428 g/mol. The highest BCUT2D eigenvalue weighted by atomic mass is 19.4. The van der Waals surface area contributed by atoms with Crippen LogP contribution in [0.5, 0.6) is 0 Å². The number of rotatable bonds is 9. The first-order valence-corrected chi connectivity index (χ1v) is 6.48. The molecule has 0 spiro atoms. The number of carbonyl (C=O) groups is 1. The topological polar surface area (TPSA) is 66.8 Å². The summed E-state index contributed by atoms with van der Waals surface area (Å²) in [6, 6.07) is 0. The van der Waals surface area contributed by atoms with Crippen molar-refractivity contribution in [3.05, 3.63) is 12.2 Å². The summed E-state index contributed by atoms with van der Waals surface area (Å²) in [4.78, 5) is 11.2. The van der Waals surface area contributed by atoms with E-state index in [1.165, 1.54) is 0 Å². The molecule has 1 unspecified atom stereocenters. The second kappa shape index (κ2) is 7.77. The Kier molecular flexibility index (Phi) is 7.30. The Hall–Kier alpha value is -1.64. The maximum absolute atomic E-state index is 13.2. The summed E-state index contributed by atoms with van der Waals surface area (Å²) in [5.74, 6) is -30.8. The molecule has 27 heavy (non-hydrogen) atoms. The predicted octanol–water partition coefficient (Wildman–Crippen LogP) is 2.93. The van der Waals surface area contributed by atoms with Crippen LogP contribution >= 0.6 is 0 Å². The maximum atomic E-state index is 13.2. The predicted molar refractivity (Wildman–Crippen MR) is 63.7 cm³/mol. The van der Waals surface area contributed by atoms with Gasteiger partial charge >= 0.3 is 35.8 Å². The molecule has 0 fully saturated rings. The van der Waals surface area contributed by atoms with E-state index in [2.05, 4.69) is 11.3 Å². The first-order chi connectivity index (χ1) is 11.8. The van der Waals surface area contributed by atoms with Crippen molar-refractivity contribution in [3.8, 4) is 0 Å². The van der Waals surface area contributed by atoms with Gasteiger partial charge in [-0.25, -0.2) is 4.79 Å². The zero-order valence-electron chi connectivity index (χ0n) is 12.8. The number of esters is 1. The number of carbonyl (C=O) groups excluding carboxylic acids is 1. The average molecular weight is 428 g/mol. The Morgan fingerprint density at radius 1 is 0.889 bits per heavy atom. The lowest BCUT2D eigenvalue weighted by atomic mass is 9.98. The maximum Gasteiger partial charge on any atom is 0.460 e. The first-order valence-electron chi connectivity index (χ1n) is 6.48. The second-order valence-electron chi connectivity index (χ2n) is 5.15. The summed E-state index contributed by atoms with van der Waals surface area (Å²) in [6.45, 7) is -1.13. The molecule has 2 N–H and O–H groups in total. The first kappa shape index (κ1) is 25.4. The molecule has 0 bridgehead atoms. The lowest BCUT2D eigenvalue weighted by molar-refractivity contribution is -0.423. The summed E-state index contributed by atoms with van der Waals surface area (Å²) < 4.78 is 143. The van der Waals surface area contributed by atoms with Crippen LogP contribution in [0.4, 0.5) is 48.3 Å². The van der Waals surface area contributed by atoms with E-state index in [9.17, 15) is 53.1 Å². The molecular weight excluding hydrogens is 417 g/mol. The number of alkyl halides is 11. The summed E-state index contributed by atoms with van der Waals surface area (Å²) in [7, 11) is 0. The number of hydrogen-bond acceptors (Lipinski definition) is 4. The van der Waals surface area contributed by atoms with Gasteiger partial charge in [0.1, 0.15) is 0 Å². The fourth-order valence-corrected chi connectivity index (χ4v) is 1.39. The molecule has 0 heterocycles. The van der Waals surface area contributed by atoms with E-state index >= 15 is 0 Å². The molecule has 0 saturated heterocycles. The normalized spacial score (nSPS) is 15.4. The quantitative estimate of drug-likeness (QED) is 0.337. The molecule has 0 aromatic heterocycles. The van der Waals surface area contributed by atoms with Gasteiger partial charge in [-0.15, -0.1) is 0 Å². The molecule has 1 atom stereocenters. The standard InChI is InChI=1S/C12H11F11O4/c1-5(2-6(25)3-24)7(26)27-4-8(13,14)9(15,16)10(17,18)11(19,20)12(21,22)23/h6,24-25H,1-4H2. The Morgan fingerprint density at radius 2 is 1.33 bits per heavy atom. The van der Waals surface area contributed by atoms with Crippen LogP contribution in [0.15, 0.2) is 12.2 Å². The molecule has 0 aliphatic rings. The molecule has 4 nitrogen and oxygen atoms in total. The summed E-state index contributed by atoms with van der Waals surface area (Å²) in [5.41, 5.74) is -0.914. The van der Waals surface area contributed by atoms with Crippen LogP contribution in [0.1, 0.15) is 6.42 Å². The molecule has 15 heteroatoms. The van der Waals surface area contributed by atoms with E-state index in [4.69, 9.17) is 10.2 Å². The number of aliphatic hydroxyl groups is 2. The van der Waals surface area contributed by atoms with Gasteiger partial charge in [0.15, 0.2) is 6.61 Å². The van der Waals surface area contributed by atoms with E-state index in [-0.39, 0.29) is 0 Å². The number of halogens is 11. The van der Waals surface area contributed by atoms with Crippen LogP contribution in [0.2, 0.25) is 0 Å². The van der Waals surface area contributed by atoms with E-state index in [1.807, 2.05) is 0 Å². The second-order valence-corrected chi connectivity index (χ2v) is 5.15. The summed E-state index contributed by atoms with van der Waals surface area (Å²) in [6.07, 6.45) is -9.79. The average Bonchev–Trinajstić information content (AvgIpc) is 2.50. The van der Waals surface area contributed by atoms with E-state index in [0.29, 0.717) is 0 Å².